The SMILES string of the molecule is CCN(Cc1ccncc1)c1ccc(Br)cc1C(N)=S. The summed E-state index contributed by atoms with van der Waals surface area (Å²) in [7, 11) is 0. The summed E-state index contributed by atoms with van der Waals surface area (Å²) < 4.78 is 0.976. The van der Waals surface area contributed by atoms with E-state index in [4.69, 9.17) is 18.0 Å². The maximum Gasteiger partial charge on any atom is 0.106 e. The van der Waals surface area contributed by atoms with Crippen LogP contribution in [0.4, 0.5) is 5.69 Å². The van der Waals surface area contributed by atoms with E-state index >= 15 is 0 Å². The first-order valence-electron chi connectivity index (χ1n) is 6.35. The molecule has 0 saturated carbocycles. The highest BCUT2D eigenvalue weighted by Crippen LogP contribution is 2.26. The van der Waals surface area contributed by atoms with Gasteiger partial charge in [-0.3, -0.25) is 4.98 Å². The van der Waals surface area contributed by atoms with Crippen LogP contribution in [0.2, 0.25) is 0 Å². The Morgan fingerprint density at radius 3 is 2.60 bits per heavy atom. The predicted octanol–water partition coefficient (Wildman–Crippen LogP) is 3.50. The van der Waals surface area contributed by atoms with Gasteiger partial charge in [0.2, 0.25) is 0 Å². The number of halogens is 1. The van der Waals surface area contributed by atoms with Crippen LogP contribution in [0.25, 0.3) is 0 Å². The average Bonchev–Trinajstić information content (AvgIpc) is 2.46. The second kappa shape index (κ2) is 6.81. The van der Waals surface area contributed by atoms with Gasteiger partial charge in [0.05, 0.1) is 0 Å². The number of hydrogen-bond donors (Lipinski definition) is 1. The maximum atomic E-state index is 5.84. The van der Waals surface area contributed by atoms with Crippen molar-refractivity contribution in [1.29, 1.82) is 0 Å². The van der Waals surface area contributed by atoms with Gasteiger partial charge in [-0.1, -0.05) is 28.1 Å². The minimum Gasteiger partial charge on any atom is -0.389 e. The second-order valence-corrected chi connectivity index (χ2v) is 5.75. The Labute approximate surface area is 132 Å². The maximum absolute atomic E-state index is 5.84. The van der Waals surface area contributed by atoms with Crippen LogP contribution >= 0.6 is 28.1 Å². The van der Waals surface area contributed by atoms with Gasteiger partial charge in [-0.15, -0.1) is 0 Å². The first kappa shape index (κ1) is 14.9. The minimum atomic E-state index is 0.412. The lowest BCUT2D eigenvalue weighted by Crippen LogP contribution is -2.25. The molecule has 0 bridgehead atoms. The number of thiocarbonyl (C=S) groups is 1. The van der Waals surface area contributed by atoms with E-state index in [1.54, 1.807) is 12.4 Å². The highest BCUT2D eigenvalue weighted by atomic mass is 79.9. The number of hydrogen-bond acceptors (Lipinski definition) is 3. The van der Waals surface area contributed by atoms with Gasteiger partial charge >= 0.3 is 0 Å². The van der Waals surface area contributed by atoms with Crippen molar-refractivity contribution in [2.75, 3.05) is 11.4 Å². The fourth-order valence-electron chi connectivity index (χ4n) is 2.06. The molecule has 2 N–H and O–H groups in total. The Bertz CT molecular complexity index is 601. The monoisotopic (exact) mass is 349 g/mol. The van der Waals surface area contributed by atoms with Gasteiger partial charge in [0.1, 0.15) is 4.99 Å². The zero-order chi connectivity index (χ0) is 14.5. The van der Waals surface area contributed by atoms with Crippen LogP contribution < -0.4 is 10.6 Å². The topological polar surface area (TPSA) is 42.2 Å². The Morgan fingerprint density at radius 2 is 2.00 bits per heavy atom. The third-order valence-electron chi connectivity index (χ3n) is 3.07. The molecule has 1 aromatic carbocycles. The van der Waals surface area contributed by atoms with E-state index in [2.05, 4.69) is 32.7 Å². The first-order chi connectivity index (χ1) is 9.61. The molecular formula is C15H16BrN3S. The Hall–Kier alpha value is -1.46. The van der Waals surface area contributed by atoms with E-state index in [0.717, 1.165) is 28.8 Å². The molecule has 20 heavy (non-hydrogen) atoms. The van der Waals surface area contributed by atoms with E-state index in [-0.39, 0.29) is 0 Å². The lowest BCUT2D eigenvalue weighted by Gasteiger charge is -2.25. The number of nitrogens with zero attached hydrogens (tertiary/aromatic N) is 2. The molecule has 2 rings (SSSR count). The van der Waals surface area contributed by atoms with Gasteiger partial charge in [-0.2, -0.15) is 0 Å². The van der Waals surface area contributed by atoms with Crippen LogP contribution in [-0.4, -0.2) is 16.5 Å². The Balaban J connectivity index is 2.34. The van der Waals surface area contributed by atoms with Crippen molar-refractivity contribution in [3.63, 3.8) is 0 Å². The minimum absolute atomic E-state index is 0.412. The van der Waals surface area contributed by atoms with Crippen molar-refractivity contribution in [3.05, 3.63) is 58.3 Å². The van der Waals surface area contributed by atoms with E-state index in [1.165, 1.54) is 5.56 Å². The third-order valence-corrected chi connectivity index (χ3v) is 3.78. The number of nitrogens with two attached hydrogens (primary N) is 1. The van der Waals surface area contributed by atoms with E-state index in [9.17, 15) is 0 Å². The van der Waals surface area contributed by atoms with Crippen LogP contribution in [0.15, 0.2) is 47.2 Å². The Kier molecular flexibility index (Phi) is 5.09. The summed E-state index contributed by atoms with van der Waals surface area (Å²) in [6.07, 6.45) is 3.61. The largest absolute Gasteiger partial charge is 0.389 e. The highest BCUT2D eigenvalue weighted by molar-refractivity contribution is 9.10. The van der Waals surface area contributed by atoms with Gasteiger partial charge in [-0.25, -0.2) is 0 Å². The lowest BCUT2D eigenvalue weighted by atomic mass is 10.1. The fourth-order valence-corrected chi connectivity index (χ4v) is 2.58. The van der Waals surface area contributed by atoms with Crippen LogP contribution in [-0.2, 0) is 6.54 Å². The van der Waals surface area contributed by atoms with Crippen LogP contribution in [0.5, 0.6) is 0 Å². The fraction of sp³-hybridized carbons (Fsp3) is 0.200. The summed E-state index contributed by atoms with van der Waals surface area (Å²) in [5, 5.41) is 0. The molecule has 0 aliphatic heterocycles. The smallest absolute Gasteiger partial charge is 0.106 e. The molecule has 0 radical (unpaired) electrons. The summed E-state index contributed by atoms with van der Waals surface area (Å²) in [6.45, 7) is 3.79. The van der Waals surface area contributed by atoms with Crippen molar-refractivity contribution < 1.29 is 0 Å². The van der Waals surface area contributed by atoms with Crippen molar-refractivity contribution in [2.24, 2.45) is 5.73 Å². The molecule has 104 valence electrons. The number of pyridine rings is 1. The third kappa shape index (κ3) is 3.55. The van der Waals surface area contributed by atoms with E-state index in [1.807, 2.05) is 30.3 Å². The van der Waals surface area contributed by atoms with Gasteiger partial charge in [0, 0.05) is 41.2 Å². The molecular weight excluding hydrogens is 334 g/mol. The molecule has 0 saturated heterocycles. The van der Waals surface area contributed by atoms with Gasteiger partial charge in [-0.05, 0) is 42.8 Å². The van der Waals surface area contributed by atoms with E-state index < -0.39 is 0 Å². The van der Waals surface area contributed by atoms with Crippen molar-refractivity contribution in [1.82, 2.24) is 4.98 Å². The molecule has 0 aliphatic rings. The standard InChI is InChI=1S/C15H16BrN3S/c1-2-19(10-11-5-7-18-8-6-11)14-4-3-12(16)9-13(14)15(17)20/h3-9H,2,10H2,1H3,(H2,17,20). The highest BCUT2D eigenvalue weighted by Gasteiger charge is 2.12. The number of aromatic nitrogens is 1. The molecule has 2 aromatic rings. The molecule has 5 heteroatoms. The summed E-state index contributed by atoms with van der Waals surface area (Å²) in [6, 6.07) is 10.0. The van der Waals surface area contributed by atoms with Crippen molar-refractivity contribution >= 4 is 38.8 Å². The molecule has 0 aliphatic carbocycles. The molecule has 0 amide bonds. The summed E-state index contributed by atoms with van der Waals surface area (Å²) in [5.74, 6) is 0. The molecule has 3 nitrogen and oxygen atoms in total. The molecule has 1 heterocycles. The molecule has 0 spiro atoms. The Morgan fingerprint density at radius 1 is 1.30 bits per heavy atom. The van der Waals surface area contributed by atoms with Crippen LogP contribution in [0.3, 0.4) is 0 Å². The zero-order valence-electron chi connectivity index (χ0n) is 11.2. The van der Waals surface area contributed by atoms with Gasteiger partial charge < -0.3 is 10.6 Å². The molecule has 0 unspecified atom stereocenters. The van der Waals surface area contributed by atoms with Crippen molar-refractivity contribution in [2.45, 2.75) is 13.5 Å². The van der Waals surface area contributed by atoms with Crippen LogP contribution in [0.1, 0.15) is 18.1 Å². The zero-order valence-corrected chi connectivity index (χ0v) is 13.6. The first-order valence-corrected chi connectivity index (χ1v) is 7.55. The molecule has 1 aromatic heterocycles. The number of benzene rings is 1. The lowest BCUT2D eigenvalue weighted by molar-refractivity contribution is 0.829. The van der Waals surface area contributed by atoms with Gasteiger partial charge in [0.25, 0.3) is 0 Å². The average molecular weight is 350 g/mol. The summed E-state index contributed by atoms with van der Waals surface area (Å²) in [5.41, 5.74) is 9.00. The summed E-state index contributed by atoms with van der Waals surface area (Å²) in [4.78, 5) is 6.70. The van der Waals surface area contributed by atoms with Crippen molar-refractivity contribution in [3.8, 4) is 0 Å². The van der Waals surface area contributed by atoms with E-state index in [0.29, 0.717) is 4.99 Å². The number of rotatable bonds is 5. The quantitative estimate of drug-likeness (QED) is 0.838. The summed E-state index contributed by atoms with van der Waals surface area (Å²) >= 11 is 8.62. The second-order valence-electron chi connectivity index (χ2n) is 4.40. The molecule has 0 atom stereocenters. The van der Waals surface area contributed by atoms with Crippen LogP contribution in [0, 0.1) is 0 Å². The van der Waals surface area contributed by atoms with Gasteiger partial charge in [0.15, 0.2) is 0 Å². The predicted molar refractivity (Wildman–Crippen MR) is 91.0 cm³/mol. The molecule has 0 fully saturated rings. The number of anilines is 1. The normalized spacial score (nSPS) is 10.3.